The minimum atomic E-state index is -3.81. The van der Waals surface area contributed by atoms with Gasteiger partial charge < -0.3 is 19.5 Å². The summed E-state index contributed by atoms with van der Waals surface area (Å²) in [6.45, 7) is 3.58. The molecule has 3 amide bonds. The number of hydroxylamine groups is 2. The Morgan fingerprint density at radius 3 is 2.23 bits per heavy atom. The fraction of sp³-hybridized carbons (Fsp3) is 0.265. The summed E-state index contributed by atoms with van der Waals surface area (Å²) in [4.78, 5) is 50.3. The van der Waals surface area contributed by atoms with Gasteiger partial charge >= 0.3 is 6.29 Å². The summed E-state index contributed by atoms with van der Waals surface area (Å²) in [5, 5.41) is 4.37. The summed E-state index contributed by atoms with van der Waals surface area (Å²) in [6.07, 6.45) is -6.19. The van der Waals surface area contributed by atoms with Crippen LogP contribution >= 0.6 is 0 Å². The zero-order chi connectivity index (χ0) is 33.4. The lowest BCUT2D eigenvalue weighted by Crippen LogP contribution is -2.46. The highest BCUT2D eigenvalue weighted by molar-refractivity contribution is 5.98. The molecular formula is C34H33F2N3O8. The third-order valence-corrected chi connectivity index (χ3v) is 6.93. The van der Waals surface area contributed by atoms with Crippen LogP contribution in [0.4, 0.5) is 14.5 Å². The molecule has 0 aromatic heterocycles. The molecule has 0 bridgehead atoms. The van der Waals surface area contributed by atoms with Crippen LogP contribution in [0.15, 0.2) is 91.0 Å². The predicted molar refractivity (Wildman–Crippen MR) is 166 cm³/mol. The number of nitrogens with one attached hydrogen (secondary N) is 3. The van der Waals surface area contributed by atoms with Crippen LogP contribution in [0.3, 0.4) is 0 Å². The number of rotatable bonds is 14. The van der Waals surface area contributed by atoms with Gasteiger partial charge in [-0.2, -0.15) is 0 Å². The van der Waals surface area contributed by atoms with E-state index in [1.807, 2.05) is 68.4 Å². The summed E-state index contributed by atoms with van der Waals surface area (Å²) in [7, 11) is 0. The topological polar surface area (TPSA) is 133 Å². The van der Waals surface area contributed by atoms with Gasteiger partial charge in [0.2, 0.25) is 0 Å². The minimum Gasteiger partial charge on any atom is -0.395 e. The van der Waals surface area contributed by atoms with Crippen molar-refractivity contribution in [3.05, 3.63) is 102 Å². The zero-order valence-corrected chi connectivity index (χ0v) is 25.5. The van der Waals surface area contributed by atoms with Crippen molar-refractivity contribution >= 4 is 34.2 Å². The molecule has 0 unspecified atom stereocenters. The number of alkyl halides is 2. The molecule has 11 nitrogen and oxygen atoms in total. The molecule has 246 valence electrons. The van der Waals surface area contributed by atoms with Crippen molar-refractivity contribution < 1.29 is 47.1 Å². The van der Waals surface area contributed by atoms with Crippen molar-refractivity contribution in [1.29, 1.82) is 0 Å². The van der Waals surface area contributed by atoms with Crippen molar-refractivity contribution in [2.75, 3.05) is 11.9 Å². The molecule has 4 aromatic carbocycles. The number of benzene rings is 4. The molecule has 2 atom stereocenters. The van der Waals surface area contributed by atoms with Crippen molar-refractivity contribution in [3.8, 4) is 11.5 Å². The highest BCUT2D eigenvalue weighted by atomic mass is 19.3. The van der Waals surface area contributed by atoms with E-state index in [4.69, 9.17) is 14.4 Å². The van der Waals surface area contributed by atoms with E-state index >= 15 is 0 Å². The molecule has 1 aliphatic heterocycles. The van der Waals surface area contributed by atoms with Crippen molar-refractivity contribution in [3.63, 3.8) is 0 Å². The number of hydrogen-bond donors (Lipinski definition) is 3. The molecule has 13 heteroatoms. The second-order valence-electron chi connectivity index (χ2n) is 11.1. The van der Waals surface area contributed by atoms with Crippen molar-refractivity contribution in [1.82, 2.24) is 11.0 Å². The highest BCUT2D eigenvalue weighted by Gasteiger charge is 2.43. The maximum Gasteiger partial charge on any atom is 0.586 e. The number of carbonyl (C=O) groups is 3. The van der Waals surface area contributed by atoms with Gasteiger partial charge in [0.05, 0.1) is 13.2 Å². The Labute approximate surface area is 269 Å². The predicted octanol–water partition coefficient (Wildman–Crippen LogP) is 5.51. The first-order valence-corrected chi connectivity index (χ1v) is 14.8. The molecular weight excluding hydrogens is 616 g/mol. The van der Waals surface area contributed by atoms with E-state index in [9.17, 15) is 23.2 Å². The average Bonchev–Trinajstić information content (AvgIpc) is 3.37. The van der Waals surface area contributed by atoms with Crippen LogP contribution in [0.2, 0.25) is 0 Å². The molecule has 0 saturated carbocycles. The second-order valence-corrected chi connectivity index (χ2v) is 11.1. The molecule has 0 saturated heterocycles. The van der Waals surface area contributed by atoms with Crippen LogP contribution in [-0.4, -0.2) is 42.8 Å². The third kappa shape index (κ3) is 9.22. The summed E-state index contributed by atoms with van der Waals surface area (Å²) in [5.41, 5.74) is 5.85. The Morgan fingerprint density at radius 1 is 0.766 bits per heavy atom. The van der Waals surface area contributed by atoms with Gasteiger partial charge in [-0.05, 0) is 52.9 Å². The van der Waals surface area contributed by atoms with E-state index in [2.05, 4.69) is 25.8 Å². The van der Waals surface area contributed by atoms with Crippen LogP contribution in [0.5, 0.6) is 11.5 Å². The van der Waals surface area contributed by atoms with E-state index in [1.54, 1.807) is 18.2 Å². The monoisotopic (exact) mass is 649 g/mol. The first-order valence-electron chi connectivity index (χ1n) is 14.8. The van der Waals surface area contributed by atoms with Crippen LogP contribution in [0, 0.1) is 5.92 Å². The number of hydrogen-bond acceptors (Lipinski definition) is 8. The van der Waals surface area contributed by atoms with Crippen LogP contribution < -0.4 is 25.8 Å². The Hall–Kier alpha value is -5.11. The fourth-order valence-corrected chi connectivity index (χ4v) is 4.62. The molecule has 0 fully saturated rings. The van der Waals surface area contributed by atoms with E-state index < -0.39 is 36.2 Å². The van der Waals surface area contributed by atoms with Gasteiger partial charge in [0.25, 0.3) is 17.7 Å². The Kier molecular flexibility index (Phi) is 10.6. The highest BCUT2D eigenvalue weighted by Crippen LogP contribution is 2.42. The molecule has 4 aromatic rings. The zero-order valence-electron chi connectivity index (χ0n) is 25.5. The first kappa shape index (κ1) is 33.3. The average molecular weight is 650 g/mol. The quantitative estimate of drug-likeness (QED) is 0.152. The smallest absolute Gasteiger partial charge is 0.395 e. The number of amides is 3. The molecule has 47 heavy (non-hydrogen) atoms. The Balaban J connectivity index is 1.22. The van der Waals surface area contributed by atoms with Crippen LogP contribution in [-0.2, 0) is 30.6 Å². The Bertz CT molecular complexity index is 1720. The molecule has 0 aliphatic carbocycles. The number of carbonyl (C=O) groups excluding carboxylic acids is 3. The summed E-state index contributed by atoms with van der Waals surface area (Å²) >= 11 is 0. The first-order chi connectivity index (χ1) is 22.6. The van der Waals surface area contributed by atoms with Crippen LogP contribution in [0.25, 0.3) is 10.8 Å². The molecule has 0 radical (unpaired) electrons. The summed E-state index contributed by atoms with van der Waals surface area (Å²) in [6, 6.07) is 25.7. The number of ether oxygens (including phenoxy) is 3. The standard InChI is InChI=1S/C34H33F2N3O8/c1-21(2)16-29(32(41)37-26-14-15-27-28(18-26)45-34(35,36)44-27)46-39-33(42)30(20-43-19-22-8-4-3-5-9-22)47-38-31(40)25-13-12-23-10-6-7-11-24(23)17-25/h3-15,17-18,21,29-30H,16,19-20H2,1-2H3,(H,37,41)(H,38,40)(H,39,42)/t29-,30+/m0/s1. The maximum atomic E-state index is 13.4. The van der Waals surface area contributed by atoms with Gasteiger partial charge in [0, 0.05) is 17.3 Å². The number of anilines is 1. The summed E-state index contributed by atoms with van der Waals surface area (Å²) in [5.74, 6) is -2.54. The molecule has 3 N–H and O–H groups in total. The van der Waals surface area contributed by atoms with E-state index in [1.165, 1.54) is 18.2 Å². The van der Waals surface area contributed by atoms with E-state index in [-0.39, 0.29) is 42.7 Å². The normalized spacial score (nSPS) is 14.4. The summed E-state index contributed by atoms with van der Waals surface area (Å²) < 4.78 is 41.4. The van der Waals surface area contributed by atoms with Gasteiger partial charge in [-0.3, -0.25) is 24.1 Å². The fourth-order valence-electron chi connectivity index (χ4n) is 4.62. The van der Waals surface area contributed by atoms with Gasteiger partial charge in [-0.1, -0.05) is 74.5 Å². The molecule has 0 spiro atoms. The van der Waals surface area contributed by atoms with Gasteiger partial charge in [-0.25, -0.2) is 11.0 Å². The SMILES string of the molecule is CC(C)C[C@H](ONC(=O)[C@@H](COCc1ccccc1)ONC(=O)c1ccc2ccccc2c1)C(=O)Nc1ccc2c(c1)OC(F)(F)O2. The van der Waals surface area contributed by atoms with Gasteiger partial charge in [0.1, 0.15) is 0 Å². The molecule has 1 heterocycles. The largest absolute Gasteiger partial charge is 0.586 e. The minimum absolute atomic E-state index is 0.0411. The molecule has 5 rings (SSSR count). The van der Waals surface area contributed by atoms with Gasteiger partial charge in [0.15, 0.2) is 23.7 Å². The van der Waals surface area contributed by atoms with E-state index in [0.29, 0.717) is 5.56 Å². The maximum absolute atomic E-state index is 13.4. The third-order valence-electron chi connectivity index (χ3n) is 6.93. The van der Waals surface area contributed by atoms with Gasteiger partial charge in [-0.15, -0.1) is 8.78 Å². The van der Waals surface area contributed by atoms with Crippen molar-refractivity contribution in [2.24, 2.45) is 5.92 Å². The van der Waals surface area contributed by atoms with Crippen LogP contribution in [0.1, 0.15) is 36.2 Å². The lowest BCUT2D eigenvalue weighted by atomic mass is 10.1. The lowest BCUT2D eigenvalue weighted by molar-refractivity contribution is -0.286. The number of fused-ring (bicyclic) bond motifs is 2. The second kappa shape index (κ2) is 15.0. The van der Waals surface area contributed by atoms with E-state index in [0.717, 1.165) is 16.3 Å². The van der Waals surface area contributed by atoms with Crippen molar-refractivity contribution in [2.45, 2.75) is 45.4 Å². The lowest BCUT2D eigenvalue weighted by Gasteiger charge is -2.22. The Morgan fingerprint density at radius 2 is 1.47 bits per heavy atom. The number of halogens is 2. The molecule has 1 aliphatic rings.